The van der Waals surface area contributed by atoms with Crippen LogP contribution >= 0.6 is 0 Å². The maximum absolute atomic E-state index is 11.7. The predicted molar refractivity (Wildman–Crippen MR) is 69.1 cm³/mol. The average molecular weight is 264 g/mol. The van der Waals surface area contributed by atoms with Crippen LogP contribution in [0.25, 0.3) is 0 Å². The number of carbonyl (C=O) groups is 2. The van der Waals surface area contributed by atoms with Crippen LogP contribution in [0.15, 0.2) is 24.4 Å². The summed E-state index contributed by atoms with van der Waals surface area (Å²) in [6, 6.07) is 5.39. The molecule has 1 fully saturated rings. The Hall–Kier alpha value is -2.31. The van der Waals surface area contributed by atoms with Crippen molar-refractivity contribution in [1.29, 1.82) is 0 Å². The molecule has 2 rings (SSSR count). The number of aromatic nitrogens is 1. The van der Waals surface area contributed by atoms with Crippen molar-refractivity contribution in [1.82, 2.24) is 15.2 Å². The van der Waals surface area contributed by atoms with Gasteiger partial charge in [0.15, 0.2) is 0 Å². The van der Waals surface area contributed by atoms with Crippen LogP contribution in [0.1, 0.15) is 0 Å². The normalized spacial score (nSPS) is 15.2. The zero-order valence-electron chi connectivity index (χ0n) is 10.5. The standard InChI is InChI=1S/C12H16N4O3/c17-11(18)9-14-12(19)16-7-5-15(6-8-16)10-3-1-2-4-13-10/h1-4H,5-9H2,(H,14,19)(H,17,18). The lowest BCUT2D eigenvalue weighted by Crippen LogP contribution is -2.52. The molecule has 0 bridgehead atoms. The highest BCUT2D eigenvalue weighted by Crippen LogP contribution is 2.12. The smallest absolute Gasteiger partial charge is 0.323 e. The predicted octanol–water partition coefficient (Wildman–Crippen LogP) is -0.00220. The molecule has 0 aromatic carbocycles. The molecule has 1 saturated heterocycles. The van der Waals surface area contributed by atoms with E-state index in [2.05, 4.69) is 15.2 Å². The van der Waals surface area contributed by atoms with Gasteiger partial charge in [0, 0.05) is 32.4 Å². The fourth-order valence-electron chi connectivity index (χ4n) is 1.94. The molecular formula is C12H16N4O3. The van der Waals surface area contributed by atoms with E-state index in [1.54, 1.807) is 11.1 Å². The molecule has 1 aromatic rings. The fourth-order valence-corrected chi connectivity index (χ4v) is 1.94. The summed E-state index contributed by atoms with van der Waals surface area (Å²) in [4.78, 5) is 30.0. The number of pyridine rings is 1. The average Bonchev–Trinajstić information content (AvgIpc) is 2.46. The van der Waals surface area contributed by atoms with E-state index in [1.165, 1.54) is 0 Å². The first-order valence-corrected chi connectivity index (χ1v) is 6.07. The minimum Gasteiger partial charge on any atom is -0.480 e. The molecule has 2 amide bonds. The Morgan fingerprint density at radius 1 is 1.26 bits per heavy atom. The first kappa shape index (κ1) is 13.1. The topological polar surface area (TPSA) is 85.8 Å². The molecule has 1 aromatic heterocycles. The Morgan fingerprint density at radius 2 is 2.00 bits per heavy atom. The Bertz CT molecular complexity index is 444. The maximum Gasteiger partial charge on any atom is 0.323 e. The third-order valence-corrected chi connectivity index (χ3v) is 2.93. The van der Waals surface area contributed by atoms with Gasteiger partial charge in [-0.05, 0) is 12.1 Å². The van der Waals surface area contributed by atoms with Crippen LogP contribution in [-0.2, 0) is 4.79 Å². The Labute approximate surface area is 110 Å². The number of hydrogen-bond acceptors (Lipinski definition) is 4. The molecule has 1 aliphatic heterocycles. The molecule has 0 spiro atoms. The summed E-state index contributed by atoms with van der Waals surface area (Å²) in [5.41, 5.74) is 0. The van der Waals surface area contributed by atoms with Gasteiger partial charge in [-0.25, -0.2) is 9.78 Å². The first-order chi connectivity index (χ1) is 9.16. The minimum absolute atomic E-state index is 0.330. The lowest BCUT2D eigenvalue weighted by atomic mass is 10.3. The van der Waals surface area contributed by atoms with E-state index in [1.807, 2.05) is 18.2 Å². The molecule has 2 N–H and O–H groups in total. The van der Waals surface area contributed by atoms with Gasteiger partial charge in [0.25, 0.3) is 0 Å². The number of carboxylic acid groups (broad SMARTS) is 1. The number of carbonyl (C=O) groups excluding carboxylic acids is 1. The second kappa shape index (κ2) is 6.03. The van der Waals surface area contributed by atoms with Crippen molar-refractivity contribution in [3.05, 3.63) is 24.4 Å². The second-order valence-electron chi connectivity index (χ2n) is 4.21. The molecule has 2 heterocycles. The minimum atomic E-state index is -1.04. The van der Waals surface area contributed by atoms with E-state index in [0.29, 0.717) is 26.2 Å². The van der Waals surface area contributed by atoms with Gasteiger partial charge in [-0.1, -0.05) is 6.07 Å². The summed E-state index contributed by atoms with van der Waals surface area (Å²) in [6.45, 7) is 2.15. The number of rotatable bonds is 3. The van der Waals surface area contributed by atoms with Gasteiger partial charge in [0.1, 0.15) is 12.4 Å². The summed E-state index contributed by atoms with van der Waals surface area (Å²) in [7, 11) is 0. The number of piperazine rings is 1. The van der Waals surface area contributed by atoms with E-state index >= 15 is 0 Å². The van der Waals surface area contributed by atoms with Crippen molar-refractivity contribution in [3.63, 3.8) is 0 Å². The number of carboxylic acids is 1. The van der Waals surface area contributed by atoms with E-state index < -0.39 is 5.97 Å². The van der Waals surface area contributed by atoms with Gasteiger partial charge in [-0.3, -0.25) is 4.79 Å². The zero-order valence-corrected chi connectivity index (χ0v) is 10.5. The molecule has 0 radical (unpaired) electrons. The molecule has 0 saturated carbocycles. The monoisotopic (exact) mass is 264 g/mol. The number of anilines is 1. The quantitative estimate of drug-likeness (QED) is 0.802. The number of nitrogens with one attached hydrogen (secondary N) is 1. The van der Waals surface area contributed by atoms with Crippen molar-refractivity contribution in [2.75, 3.05) is 37.6 Å². The van der Waals surface area contributed by atoms with E-state index in [4.69, 9.17) is 5.11 Å². The highest BCUT2D eigenvalue weighted by atomic mass is 16.4. The molecule has 0 atom stereocenters. The van der Waals surface area contributed by atoms with Crippen LogP contribution in [-0.4, -0.2) is 59.7 Å². The van der Waals surface area contributed by atoms with Crippen molar-refractivity contribution in [3.8, 4) is 0 Å². The van der Waals surface area contributed by atoms with E-state index in [0.717, 1.165) is 5.82 Å². The summed E-state index contributed by atoms with van der Waals surface area (Å²) in [5.74, 6) is -0.145. The Balaban J connectivity index is 1.82. The molecule has 102 valence electrons. The number of hydrogen-bond donors (Lipinski definition) is 2. The van der Waals surface area contributed by atoms with Crippen molar-refractivity contribution in [2.45, 2.75) is 0 Å². The maximum atomic E-state index is 11.7. The van der Waals surface area contributed by atoms with Gasteiger partial charge in [0.05, 0.1) is 0 Å². The Morgan fingerprint density at radius 3 is 2.58 bits per heavy atom. The number of urea groups is 1. The van der Waals surface area contributed by atoms with Crippen LogP contribution in [0.5, 0.6) is 0 Å². The second-order valence-corrected chi connectivity index (χ2v) is 4.21. The fraction of sp³-hybridized carbons (Fsp3) is 0.417. The third-order valence-electron chi connectivity index (χ3n) is 2.93. The lowest BCUT2D eigenvalue weighted by Gasteiger charge is -2.35. The van der Waals surface area contributed by atoms with Crippen molar-refractivity contribution >= 4 is 17.8 Å². The highest BCUT2D eigenvalue weighted by molar-refractivity contribution is 5.80. The first-order valence-electron chi connectivity index (χ1n) is 6.07. The SMILES string of the molecule is O=C(O)CNC(=O)N1CCN(c2ccccn2)CC1. The van der Waals surface area contributed by atoms with Crippen LogP contribution < -0.4 is 10.2 Å². The zero-order chi connectivity index (χ0) is 13.7. The van der Waals surface area contributed by atoms with E-state index in [9.17, 15) is 9.59 Å². The third kappa shape index (κ3) is 3.57. The van der Waals surface area contributed by atoms with Gasteiger partial charge in [0.2, 0.25) is 0 Å². The Kier molecular flexibility index (Phi) is 4.17. The summed E-state index contributed by atoms with van der Waals surface area (Å²) < 4.78 is 0. The van der Waals surface area contributed by atoms with Crippen LogP contribution in [0.4, 0.5) is 10.6 Å². The van der Waals surface area contributed by atoms with E-state index in [-0.39, 0.29) is 12.6 Å². The van der Waals surface area contributed by atoms with Crippen LogP contribution in [0.3, 0.4) is 0 Å². The van der Waals surface area contributed by atoms with Gasteiger partial charge >= 0.3 is 12.0 Å². The molecule has 0 aliphatic carbocycles. The van der Waals surface area contributed by atoms with Crippen LogP contribution in [0.2, 0.25) is 0 Å². The molecule has 1 aliphatic rings. The molecule has 0 unspecified atom stereocenters. The van der Waals surface area contributed by atoms with Crippen LogP contribution in [0, 0.1) is 0 Å². The van der Waals surface area contributed by atoms with Gasteiger partial charge in [-0.15, -0.1) is 0 Å². The summed E-state index contributed by atoms with van der Waals surface area (Å²) >= 11 is 0. The molecule has 7 heteroatoms. The molecule has 19 heavy (non-hydrogen) atoms. The number of aliphatic carboxylic acids is 1. The van der Waals surface area contributed by atoms with Crippen molar-refractivity contribution < 1.29 is 14.7 Å². The molecule has 7 nitrogen and oxygen atoms in total. The molecular weight excluding hydrogens is 248 g/mol. The number of nitrogens with zero attached hydrogens (tertiary/aromatic N) is 3. The largest absolute Gasteiger partial charge is 0.480 e. The highest BCUT2D eigenvalue weighted by Gasteiger charge is 2.21. The van der Waals surface area contributed by atoms with Gasteiger partial charge in [-0.2, -0.15) is 0 Å². The van der Waals surface area contributed by atoms with Crippen molar-refractivity contribution in [2.24, 2.45) is 0 Å². The summed E-state index contributed by atoms with van der Waals surface area (Å²) in [5, 5.41) is 10.9. The number of amides is 2. The van der Waals surface area contributed by atoms with Gasteiger partial charge < -0.3 is 20.2 Å². The lowest BCUT2D eigenvalue weighted by molar-refractivity contribution is -0.135. The summed E-state index contributed by atoms with van der Waals surface area (Å²) in [6.07, 6.45) is 1.74.